The van der Waals surface area contributed by atoms with Gasteiger partial charge in [-0.1, -0.05) is 0 Å². The molecule has 0 aromatic carbocycles. The van der Waals surface area contributed by atoms with Crippen molar-refractivity contribution in [3.63, 3.8) is 0 Å². The third-order valence-electron chi connectivity index (χ3n) is 0. The third kappa shape index (κ3) is 206. The predicted molar refractivity (Wildman–Crippen MR) is 14.2 cm³/mol. The van der Waals surface area contributed by atoms with Crippen LogP contribution in [-0.4, -0.2) is 17.5 Å². The van der Waals surface area contributed by atoms with Crippen LogP contribution < -0.4 is 0 Å². The second-order valence-corrected chi connectivity index (χ2v) is 1.34. The minimum atomic E-state index is -4.67. The summed E-state index contributed by atoms with van der Waals surface area (Å²) < 4.78 is 31.6. The summed E-state index contributed by atoms with van der Waals surface area (Å²) in [5.74, 6) is 0. The largest absolute Gasteiger partial charge is 0.394 e. The minimum absolute atomic E-state index is 0. The Kier molecular flexibility index (Phi) is 11.3. The second kappa shape index (κ2) is 5.04. The van der Waals surface area contributed by atoms with Gasteiger partial charge in [0.05, 0.1) is 0 Å². The summed E-state index contributed by atoms with van der Waals surface area (Å²) in [6.45, 7) is 0. The van der Waals surface area contributed by atoms with Crippen LogP contribution in [0.5, 0.6) is 0 Å². The van der Waals surface area contributed by atoms with E-state index in [1.807, 2.05) is 0 Å². The fourth-order valence-electron chi connectivity index (χ4n) is 0. The van der Waals surface area contributed by atoms with Crippen molar-refractivity contribution >= 4 is 10.4 Å². The molecule has 0 saturated carbocycles. The second-order valence-electron chi connectivity index (χ2n) is 0.448. The van der Waals surface area contributed by atoms with Crippen LogP contribution in [0.2, 0.25) is 0 Å². The number of hydrogen-bond donors (Lipinski definition) is 2. The third-order valence-corrected chi connectivity index (χ3v) is 0. The molecule has 0 spiro atoms. The summed E-state index contributed by atoms with van der Waals surface area (Å²) in [6.07, 6.45) is 0. The molecular weight excluding hydrogens is 211 g/mol. The molecule has 4 nitrogen and oxygen atoms in total. The van der Waals surface area contributed by atoms with Gasteiger partial charge < -0.3 is 0 Å². The van der Waals surface area contributed by atoms with Crippen LogP contribution in [0.25, 0.3) is 0 Å². The zero-order valence-corrected chi connectivity index (χ0v) is 5.77. The molecule has 0 fully saturated rings. The van der Waals surface area contributed by atoms with Crippen molar-refractivity contribution in [1.29, 1.82) is 0 Å². The standard InChI is InChI=1S/Co.Fe.H2O4S/c;;1-5(2,3)4/h;;(H2,1,2,3,4). The van der Waals surface area contributed by atoms with Gasteiger partial charge >= 0.3 is 10.4 Å². The van der Waals surface area contributed by atoms with E-state index < -0.39 is 10.4 Å². The van der Waals surface area contributed by atoms with Gasteiger partial charge in [-0.15, -0.1) is 0 Å². The normalized spacial score (nSPS) is 8.29. The van der Waals surface area contributed by atoms with E-state index in [0.29, 0.717) is 0 Å². The van der Waals surface area contributed by atoms with E-state index in [1.165, 1.54) is 0 Å². The van der Waals surface area contributed by atoms with Crippen LogP contribution in [0, 0.1) is 0 Å². The van der Waals surface area contributed by atoms with Crippen molar-refractivity contribution in [2.75, 3.05) is 0 Å². The van der Waals surface area contributed by atoms with Gasteiger partial charge in [0, 0.05) is 33.8 Å². The molecule has 2 N–H and O–H groups in total. The molecule has 0 rings (SSSR count). The van der Waals surface area contributed by atoms with E-state index in [2.05, 4.69) is 0 Å². The average Bonchev–Trinajstić information content (AvgIpc) is 0.722. The first-order valence-electron chi connectivity index (χ1n) is 0.698. The fraction of sp³-hybridized carbons (Fsp3) is 0. The van der Waals surface area contributed by atoms with Gasteiger partial charge in [0.1, 0.15) is 0 Å². The van der Waals surface area contributed by atoms with Crippen molar-refractivity contribution in [1.82, 2.24) is 0 Å². The Labute approximate surface area is 61.9 Å². The first-order valence-corrected chi connectivity index (χ1v) is 2.10. The van der Waals surface area contributed by atoms with E-state index >= 15 is 0 Å². The average molecular weight is 213 g/mol. The number of rotatable bonds is 0. The summed E-state index contributed by atoms with van der Waals surface area (Å²) in [7, 11) is -4.67. The Bertz CT molecular complexity index is 94.9. The van der Waals surface area contributed by atoms with Crippen LogP contribution in [0.3, 0.4) is 0 Å². The first-order chi connectivity index (χ1) is 2.00. The summed E-state index contributed by atoms with van der Waals surface area (Å²) in [4.78, 5) is 0. The Hall–Kier alpha value is 0.896. The smallest absolute Gasteiger partial charge is 0.264 e. The Morgan fingerprint density at radius 1 is 1.14 bits per heavy atom. The molecule has 0 bridgehead atoms. The summed E-state index contributed by atoms with van der Waals surface area (Å²) in [5, 5.41) is 0. The van der Waals surface area contributed by atoms with Crippen molar-refractivity contribution in [2.24, 2.45) is 0 Å². The maximum atomic E-state index is 8.74. The van der Waals surface area contributed by atoms with Gasteiger partial charge in [-0.2, -0.15) is 8.42 Å². The molecule has 0 amide bonds. The van der Waals surface area contributed by atoms with E-state index in [1.54, 1.807) is 0 Å². The van der Waals surface area contributed by atoms with Crippen LogP contribution in [0.15, 0.2) is 0 Å². The molecule has 7 heteroatoms. The monoisotopic (exact) mass is 213 g/mol. The molecule has 1 radical (unpaired) electrons. The summed E-state index contributed by atoms with van der Waals surface area (Å²) in [6, 6.07) is 0. The quantitative estimate of drug-likeness (QED) is 0.413. The molecular formula is H2CoFeO4S. The van der Waals surface area contributed by atoms with E-state index in [9.17, 15) is 0 Å². The van der Waals surface area contributed by atoms with Crippen LogP contribution in [0.4, 0.5) is 0 Å². The molecule has 0 aliphatic heterocycles. The molecule has 0 aromatic rings. The van der Waals surface area contributed by atoms with E-state index in [4.69, 9.17) is 17.5 Å². The summed E-state index contributed by atoms with van der Waals surface area (Å²) in [5.41, 5.74) is 0. The molecule has 0 atom stereocenters. The SMILES string of the molecule is O=S(=O)(O)O.[Co].[Fe]. The molecule has 0 aliphatic rings. The van der Waals surface area contributed by atoms with E-state index in [0.717, 1.165) is 0 Å². The summed E-state index contributed by atoms with van der Waals surface area (Å²) >= 11 is 0. The molecule has 0 saturated heterocycles. The molecule has 0 aliphatic carbocycles. The zero-order valence-electron chi connectivity index (χ0n) is 2.81. The van der Waals surface area contributed by atoms with Crippen LogP contribution in [-0.2, 0) is 44.2 Å². The molecule has 0 unspecified atom stereocenters. The zero-order chi connectivity index (χ0) is 4.50. The van der Waals surface area contributed by atoms with Gasteiger partial charge in [0.25, 0.3) is 0 Å². The minimum Gasteiger partial charge on any atom is -0.264 e. The Balaban J connectivity index is -0.0000000800. The predicted octanol–water partition coefficient (Wildman–Crippen LogP) is -0.658. The van der Waals surface area contributed by atoms with Gasteiger partial charge in [0.2, 0.25) is 0 Å². The molecule has 0 aromatic heterocycles. The maximum absolute atomic E-state index is 8.74. The van der Waals surface area contributed by atoms with Crippen molar-refractivity contribution in [3.05, 3.63) is 0 Å². The Morgan fingerprint density at radius 2 is 1.14 bits per heavy atom. The fourth-order valence-corrected chi connectivity index (χ4v) is 0. The van der Waals surface area contributed by atoms with Gasteiger partial charge in [0.15, 0.2) is 0 Å². The van der Waals surface area contributed by atoms with Gasteiger partial charge in [-0.05, 0) is 0 Å². The maximum Gasteiger partial charge on any atom is 0.394 e. The van der Waals surface area contributed by atoms with Crippen molar-refractivity contribution in [3.8, 4) is 0 Å². The topological polar surface area (TPSA) is 74.6 Å². The number of hydrogen-bond acceptors (Lipinski definition) is 2. The van der Waals surface area contributed by atoms with Gasteiger partial charge in [-0.25, -0.2) is 0 Å². The van der Waals surface area contributed by atoms with E-state index in [-0.39, 0.29) is 33.8 Å². The molecule has 7 heavy (non-hydrogen) atoms. The first kappa shape index (κ1) is 15.7. The van der Waals surface area contributed by atoms with Crippen molar-refractivity contribution in [2.45, 2.75) is 0 Å². The Morgan fingerprint density at radius 3 is 1.14 bits per heavy atom. The van der Waals surface area contributed by atoms with Crippen LogP contribution in [0.1, 0.15) is 0 Å². The van der Waals surface area contributed by atoms with Gasteiger partial charge in [-0.3, -0.25) is 9.11 Å². The van der Waals surface area contributed by atoms with Crippen LogP contribution >= 0.6 is 0 Å². The van der Waals surface area contributed by atoms with Crippen molar-refractivity contribution < 1.29 is 51.4 Å². The molecule has 0 heterocycles. The molecule has 49 valence electrons.